The molecule has 0 saturated carbocycles. The molecule has 0 rings (SSSR count). The van der Waals surface area contributed by atoms with Crippen molar-refractivity contribution in [3.8, 4) is 0 Å². The van der Waals surface area contributed by atoms with Gasteiger partial charge in [0.05, 0.1) is 0 Å². The number of rotatable bonds is 46. The van der Waals surface area contributed by atoms with Crippen LogP contribution in [0.15, 0.2) is 0 Å². The van der Waals surface area contributed by atoms with Gasteiger partial charge in [-0.25, -0.2) is 0 Å². The number of hydrogen-bond donors (Lipinski definition) is 0. The number of hydrogen-bond acceptors (Lipinski definition) is 4. The van der Waals surface area contributed by atoms with E-state index in [4.69, 9.17) is 0 Å². The maximum absolute atomic E-state index is 2.64. The van der Waals surface area contributed by atoms with Crippen molar-refractivity contribution in [1.82, 2.24) is 19.6 Å². The lowest BCUT2D eigenvalue weighted by molar-refractivity contribution is 0.261. The lowest BCUT2D eigenvalue weighted by Gasteiger charge is -2.21. The maximum Gasteiger partial charge on any atom is -0.00188 e. The van der Waals surface area contributed by atoms with Gasteiger partial charge in [-0.2, -0.15) is 0 Å². The van der Waals surface area contributed by atoms with Crippen LogP contribution < -0.4 is 0 Å². The second-order valence-corrected chi connectivity index (χ2v) is 20.4. The summed E-state index contributed by atoms with van der Waals surface area (Å²) in [6.45, 7) is 52.1. The van der Waals surface area contributed by atoms with E-state index >= 15 is 0 Å². The summed E-state index contributed by atoms with van der Waals surface area (Å²) in [6.07, 6.45) is 49.3. The Morgan fingerprint density at radius 2 is 0.206 bits per heavy atom. The summed E-state index contributed by atoms with van der Waals surface area (Å²) in [4.78, 5) is 10.5. The molecule has 0 radical (unpaired) electrons. The minimum Gasteiger partial charge on any atom is -0.303 e. The zero-order valence-electron chi connectivity index (χ0n) is 51.7. The van der Waals surface area contributed by atoms with Crippen LogP contribution >= 0.6 is 0 Å². The summed E-state index contributed by atoms with van der Waals surface area (Å²) in [6, 6.07) is 0. The third-order valence-corrected chi connectivity index (χ3v) is 12.8. The Labute approximate surface area is 438 Å². The summed E-state index contributed by atoms with van der Waals surface area (Å²) in [7, 11) is 0. The number of nitrogens with zero attached hydrogens (tertiary/aromatic N) is 4. The summed E-state index contributed by atoms with van der Waals surface area (Å²) in [5.41, 5.74) is 0. The predicted molar refractivity (Wildman–Crippen MR) is 323 cm³/mol. The molecule has 68 heavy (non-hydrogen) atoms. The van der Waals surface area contributed by atoms with Gasteiger partial charge < -0.3 is 19.6 Å². The Bertz CT molecular complexity index is 535. The minimum absolute atomic E-state index is 1.32. The molecule has 0 N–H and O–H groups in total. The molecule has 4 nitrogen and oxygen atoms in total. The molecule has 0 aliphatic rings. The largest absolute Gasteiger partial charge is 0.303 e. The molecule has 0 aliphatic heterocycles. The molecule has 0 amide bonds. The average molecular weight is 970 g/mol. The van der Waals surface area contributed by atoms with E-state index in [2.05, 4.69) is 130 Å². The molecule has 0 bridgehead atoms. The molecule has 0 aromatic carbocycles. The van der Waals surface area contributed by atoms with Crippen molar-refractivity contribution >= 4 is 0 Å². The van der Waals surface area contributed by atoms with Crippen LogP contribution in [0, 0.1) is 0 Å². The molecule has 0 unspecified atom stereocenters. The Morgan fingerprint density at radius 1 is 0.118 bits per heavy atom. The van der Waals surface area contributed by atoms with E-state index in [-0.39, 0.29) is 0 Å². The van der Waals surface area contributed by atoms with Crippen LogP contribution in [-0.2, 0) is 0 Å². The first kappa shape index (κ1) is 79.3. The molecule has 0 heterocycles. The van der Waals surface area contributed by atoms with E-state index < -0.39 is 0 Å². The van der Waals surface area contributed by atoms with Gasteiger partial charge in [-0.05, 0) is 156 Å². The lowest BCUT2D eigenvalue weighted by atomic mass is 10.1. The average Bonchev–Trinajstić information content (AvgIpc) is 3.36. The summed E-state index contributed by atoms with van der Waals surface area (Å²) < 4.78 is 0. The van der Waals surface area contributed by atoms with Gasteiger partial charge in [0.2, 0.25) is 0 Å². The van der Waals surface area contributed by atoms with Gasteiger partial charge in [0.1, 0.15) is 0 Å². The second kappa shape index (κ2) is 80.9. The predicted octanol–water partition coefficient (Wildman–Crippen LogP) is 21.5. The van der Waals surface area contributed by atoms with Crippen molar-refractivity contribution in [2.24, 2.45) is 0 Å². The molecule has 420 valence electrons. The third-order valence-electron chi connectivity index (χ3n) is 12.8. The Morgan fingerprint density at radius 3 is 0.279 bits per heavy atom. The van der Waals surface area contributed by atoms with Gasteiger partial charge in [-0.15, -0.1) is 0 Å². The van der Waals surface area contributed by atoms with Crippen LogP contribution in [0.25, 0.3) is 0 Å². The fourth-order valence-electron chi connectivity index (χ4n) is 7.63. The van der Waals surface area contributed by atoms with E-state index in [1.807, 2.05) is 0 Å². The SMILES string of the molecule is CCCCCCCC.CCCCCCCC.CCCCN(CCCC)CCCC.CCCCN(CCCC)CCCC.CCCCN(CCCC)CCCC.CCCCN(CCCC)CCCC. The first-order chi connectivity index (χ1) is 33.2. The molecule has 0 aliphatic carbocycles. The van der Waals surface area contributed by atoms with E-state index in [1.165, 1.54) is 310 Å². The van der Waals surface area contributed by atoms with Crippen LogP contribution in [0.3, 0.4) is 0 Å². The first-order valence-electron chi connectivity index (χ1n) is 32.1. The van der Waals surface area contributed by atoms with Crippen molar-refractivity contribution in [3.05, 3.63) is 0 Å². The summed E-state index contributed by atoms with van der Waals surface area (Å²) >= 11 is 0. The van der Waals surface area contributed by atoms with Crippen molar-refractivity contribution < 1.29 is 0 Å². The highest BCUT2D eigenvalue weighted by molar-refractivity contribution is 4.60. The fraction of sp³-hybridized carbons (Fsp3) is 1.00. The van der Waals surface area contributed by atoms with E-state index in [0.717, 1.165) is 0 Å². The third kappa shape index (κ3) is 82.7. The van der Waals surface area contributed by atoms with Gasteiger partial charge in [0.25, 0.3) is 0 Å². The van der Waals surface area contributed by atoms with Gasteiger partial charge in [0, 0.05) is 0 Å². The standard InChI is InChI=1S/4C12H27N.2C8H18/c4*1-4-7-10-13(11-8-5-2)12-9-6-3;2*1-3-5-7-8-6-4-2/h4*4-12H2,1-3H3;2*3-8H2,1-2H3. The highest BCUT2D eigenvalue weighted by Crippen LogP contribution is 2.07. The molecule has 0 aromatic rings. The quantitative estimate of drug-likeness (QED) is 0.0564. The van der Waals surface area contributed by atoms with E-state index in [1.54, 1.807) is 0 Å². The normalized spacial score (nSPS) is 10.8. The van der Waals surface area contributed by atoms with Crippen molar-refractivity contribution in [2.45, 2.75) is 342 Å². The van der Waals surface area contributed by atoms with E-state index in [0.29, 0.717) is 0 Å². The van der Waals surface area contributed by atoms with Gasteiger partial charge in [-0.1, -0.05) is 265 Å². The molecule has 0 atom stereocenters. The van der Waals surface area contributed by atoms with Crippen molar-refractivity contribution in [1.29, 1.82) is 0 Å². The van der Waals surface area contributed by atoms with E-state index in [9.17, 15) is 0 Å². The molecular formula is C64H144N4. The summed E-state index contributed by atoms with van der Waals surface area (Å²) in [5.74, 6) is 0. The lowest BCUT2D eigenvalue weighted by Crippen LogP contribution is -2.27. The molecule has 0 fully saturated rings. The molecule has 0 spiro atoms. The topological polar surface area (TPSA) is 13.0 Å². The first-order valence-corrected chi connectivity index (χ1v) is 32.1. The van der Waals surface area contributed by atoms with Gasteiger partial charge >= 0.3 is 0 Å². The van der Waals surface area contributed by atoms with Crippen molar-refractivity contribution in [2.75, 3.05) is 78.5 Å². The second-order valence-electron chi connectivity index (χ2n) is 20.4. The zero-order valence-corrected chi connectivity index (χ0v) is 51.7. The Balaban J connectivity index is -0.000000171. The summed E-state index contributed by atoms with van der Waals surface area (Å²) in [5, 5.41) is 0. The highest BCUT2D eigenvalue weighted by Gasteiger charge is 2.05. The highest BCUT2D eigenvalue weighted by atomic mass is 15.1. The van der Waals surface area contributed by atoms with Crippen LogP contribution in [0.4, 0.5) is 0 Å². The van der Waals surface area contributed by atoms with Gasteiger partial charge in [-0.3, -0.25) is 0 Å². The molecule has 4 heteroatoms. The monoisotopic (exact) mass is 969 g/mol. The van der Waals surface area contributed by atoms with Crippen LogP contribution in [0.5, 0.6) is 0 Å². The fourth-order valence-corrected chi connectivity index (χ4v) is 7.63. The minimum atomic E-state index is 1.32. The Kier molecular flexibility index (Phi) is 94.3. The van der Waals surface area contributed by atoms with Crippen LogP contribution in [-0.4, -0.2) is 98.1 Å². The Hall–Kier alpha value is -0.160. The smallest absolute Gasteiger partial charge is 0.00188 e. The van der Waals surface area contributed by atoms with Crippen LogP contribution in [0.2, 0.25) is 0 Å². The zero-order chi connectivity index (χ0) is 52.3. The maximum atomic E-state index is 2.64. The van der Waals surface area contributed by atoms with Crippen LogP contribution in [0.1, 0.15) is 342 Å². The van der Waals surface area contributed by atoms with Gasteiger partial charge in [0.15, 0.2) is 0 Å². The van der Waals surface area contributed by atoms with Crippen molar-refractivity contribution in [3.63, 3.8) is 0 Å². The number of unbranched alkanes of at least 4 members (excludes halogenated alkanes) is 22. The molecular weight excluding hydrogens is 825 g/mol. The molecule has 0 aromatic heterocycles. The molecule has 0 saturated heterocycles.